The van der Waals surface area contributed by atoms with E-state index in [1.165, 1.54) is 38.6 Å². The summed E-state index contributed by atoms with van der Waals surface area (Å²) in [6.07, 6.45) is 6.02. The van der Waals surface area contributed by atoms with Gasteiger partial charge in [0.2, 0.25) is 5.88 Å². The molecule has 1 aliphatic heterocycles. The van der Waals surface area contributed by atoms with Crippen LogP contribution >= 0.6 is 0 Å². The average molecular weight is 487 g/mol. The van der Waals surface area contributed by atoms with Gasteiger partial charge in [-0.1, -0.05) is 6.07 Å². The first-order valence-electron chi connectivity index (χ1n) is 10.1. The van der Waals surface area contributed by atoms with Gasteiger partial charge in [0.1, 0.15) is 22.6 Å². The van der Waals surface area contributed by atoms with Crippen molar-refractivity contribution in [2.75, 3.05) is 18.2 Å². The predicted octanol–water partition coefficient (Wildman–Crippen LogP) is 2.17. The molecular formula is C22H23FN6O4S. The third-order valence-electron chi connectivity index (χ3n) is 4.90. The van der Waals surface area contributed by atoms with Crippen LogP contribution in [0, 0.1) is 5.82 Å². The van der Waals surface area contributed by atoms with Crippen molar-refractivity contribution < 1.29 is 22.3 Å². The molecule has 2 aromatic heterocycles. The van der Waals surface area contributed by atoms with Crippen LogP contribution in [0.3, 0.4) is 0 Å². The van der Waals surface area contributed by atoms with Crippen molar-refractivity contribution >= 4 is 27.3 Å². The van der Waals surface area contributed by atoms with Crippen molar-refractivity contribution in [1.29, 1.82) is 0 Å². The van der Waals surface area contributed by atoms with Gasteiger partial charge >= 0.3 is 0 Å². The quantitative estimate of drug-likeness (QED) is 0.570. The summed E-state index contributed by atoms with van der Waals surface area (Å²) in [5, 5.41) is 1.65. The van der Waals surface area contributed by atoms with Crippen LogP contribution in [0.1, 0.15) is 29.0 Å². The van der Waals surface area contributed by atoms with Crippen molar-refractivity contribution in [2.24, 2.45) is 10.7 Å². The number of benzene rings is 1. The van der Waals surface area contributed by atoms with Crippen molar-refractivity contribution in [1.82, 2.24) is 15.0 Å². The summed E-state index contributed by atoms with van der Waals surface area (Å²) >= 11 is 0. The second kappa shape index (κ2) is 10.8. The standard InChI is InChI=1S/C17H18FN5O4S.C5H5N/c1-9-16(19)23-14(8-28(9,25)26)11-5-10(3-4-12(11)18)22-17(24)13-6-21-15(27-2)7-20-13;1-2-4-6-5-3-1/h3-7,9,14H,8H2,1-2H3,(H2,19,23)(H,22,24);1-5H. The zero-order valence-electron chi connectivity index (χ0n) is 18.4. The van der Waals surface area contributed by atoms with Crippen LogP contribution in [0.5, 0.6) is 5.88 Å². The Morgan fingerprint density at radius 2 is 1.91 bits per heavy atom. The summed E-state index contributed by atoms with van der Waals surface area (Å²) < 4.78 is 43.6. The minimum absolute atomic E-state index is 0.0250. The van der Waals surface area contributed by atoms with Gasteiger partial charge in [0.05, 0.1) is 31.3 Å². The topological polar surface area (TPSA) is 150 Å². The minimum Gasteiger partial charge on any atom is -0.480 e. The van der Waals surface area contributed by atoms with Crippen LogP contribution in [0.2, 0.25) is 0 Å². The van der Waals surface area contributed by atoms with E-state index in [-0.39, 0.29) is 34.4 Å². The second-order valence-corrected chi connectivity index (χ2v) is 9.57. The molecule has 12 heteroatoms. The highest BCUT2D eigenvalue weighted by molar-refractivity contribution is 7.92. The number of nitrogens with zero attached hydrogens (tertiary/aromatic N) is 4. The first kappa shape index (κ1) is 24.7. The van der Waals surface area contributed by atoms with Gasteiger partial charge in [-0.05, 0) is 37.3 Å². The Kier molecular flexibility index (Phi) is 7.84. The van der Waals surface area contributed by atoms with E-state index in [2.05, 4.69) is 25.3 Å². The Bertz CT molecular complexity index is 1240. The first-order chi connectivity index (χ1) is 16.2. The van der Waals surface area contributed by atoms with Crippen LogP contribution in [0.25, 0.3) is 0 Å². The molecule has 1 aromatic carbocycles. The fraction of sp³-hybridized carbons (Fsp3) is 0.227. The number of halogens is 1. The number of hydrogen-bond acceptors (Lipinski definition) is 9. The lowest BCUT2D eigenvalue weighted by Gasteiger charge is -2.24. The summed E-state index contributed by atoms with van der Waals surface area (Å²) in [7, 11) is -2.13. The lowest BCUT2D eigenvalue weighted by atomic mass is 10.1. The van der Waals surface area contributed by atoms with Crippen molar-refractivity contribution in [3.05, 3.63) is 78.3 Å². The number of amides is 1. The molecule has 0 aliphatic carbocycles. The molecule has 0 bridgehead atoms. The average Bonchev–Trinajstić information content (AvgIpc) is 2.85. The number of hydrogen-bond donors (Lipinski definition) is 2. The number of nitrogens with two attached hydrogens (primary N) is 1. The molecule has 34 heavy (non-hydrogen) atoms. The van der Waals surface area contributed by atoms with Crippen LogP contribution in [0.15, 0.2) is 66.2 Å². The zero-order chi connectivity index (χ0) is 24.7. The summed E-state index contributed by atoms with van der Waals surface area (Å²) in [5.74, 6) is -1.40. The number of anilines is 1. The smallest absolute Gasteiger partial charge is 0.275 e. The lowest BCUT2D eigenvalue weighted by Crippen LogP contribution is -2.40. The maximum atomic E-state index is 14.3. The number of rotatable bonds is 4. The van der Waals surface area contributed by atoms with E-state index < -0.39 is 32.9 Å². The van der Waals surface area contributed by atoms with Crippen LogP contribution in [-0.2, 0) is 9.84 Å². The molecule has 2 unspecified atom stereocenters. The molecule has 0 fully saturated rings. The van der Waals surface area contributed by atoms with E-state index in [9.17, 15) is 17.6 Å². The molecule has 3 aromatic rings. The Morgan fingerprint density at radius 1 is 1.18 bits per heavy atom. The van der Waals surface area contributed by atoms with E-state index in [0.29, 0.717) is 0 Å². The largest absolute Gasteiger partial charge is 0.480 e. The van der Waals surface area contributed by atoms with Gasteiger partial charge in [-0.25, -0.2) is 22.8 Å². The number of pyridine rings is 1. The summed E-state index contributed by atoms with van der Waals surface area (Å²) in [6.45, 7) is 1.44. The molecule has 178 valence electrons. The Morgan fingerprint density at radius 3 is 2.44 bits per heavy atom. The highest BCUT2D eigenvalue weighted by Gasteiger charge is 2.34. The highest BCUT2D eigenvalue weighted by atomic mass is 32.2. The van der Waals surface area contributed by atoms with Crippen molar-refractivity contribution in [3.8, 4) is 5.88 Å². The van der Waals surface area contributed by atoms with E-state index in [1.807, 2.05) is 18.2 Å². The second-order valence-electron chi connectivity index (χ2n) is 7.20. The number of aromatic nitrogens is 3. The number of carbonyl (C=O) groups excluding carboxylic acids is 1. The van der Waals surface area contributed by atoms with E-state index in [4.69, 9.17) is 10.5 Å². The molecule has 1 aliphatic rings. The number of nitrogens with one attached hydrogen (secondary N) is 1. The summed E-state index contributed by atoms with van der Waals surface area (Å²) in [5.41, 5.74) is 6.01. The molecule has 3 N–H and O–H groups in total. The fourth-order valence-electron chi connectivity index (χ4n) is 2.95. The maximum Gasteiger partial charge on any atom is 0.275 e. The van der Waals surface area contributed by atoms with E-state index >= 15 is 0 Å². The molecule has 0 saturated carbocycles. The van der Waals surface area contributed by atoms with Crippen LogP contribution < -0.4 is 15.8 Å². The number of aliphatic imine (C=N–C) groups is 1. The van der Waals surface area contributed by atoms with Crippen molar-refractivity contribution in [3.63, 3.8) is 0 Å². The number of sulfone groups is 1. The van der Waals surface area contributed by atoms with Gasteiger partial charge in [-0.2, -0.15) is 0 Å². The van der Waals surface area contributed by atoms with Gasteiger partial charge < -0.3 is 15.8 Å². The molecule has 10 nitrogen and oxygen atoms in total. The monoisotopic (exact) mass is 486 g/mol. The molecule has 4 rings (SSSR count). The van der Waals surface area contributed by atoms with E-state index in [1.54, 1.807) is 12.4 Å². The van der Waals surface area contributed by atoms with Gasteiger partial charge in [-0.3, -0.25) is 14.8 Å². The Balaban J connectivity index is 0.000000469. The Hall–Kier alpha value is -3.93. The molecule has 0 spiro atoms. The number of carbonyl (C=O) groups is 1. The third-order valence-corrected chi connectivity index (χ3v) is 7.00. The fourth-order valence-corrected chi connectivity index (χ4v) is 4.36. The molecule has 3 heterocycles. The van der Waals surface area contributed by atoms with Crippen molar-refractivity contribution in [2.45, 2.75) is 18.2 Å². The number of methoxy groups -OCH3 is 1. The zero-order valence-corrected chi connectivity index (χ0v) is 19.2. The predicted molar refractivity (Wildman–Crippen MR) is 125 cm³/mol. The molecule has 2 atom stereocenters. The third kappa shape index (κ3) is 6.10. The van der Waals surface area contributed by atoms with Gasteiger partial charge in [0.25, 0.3) is 5.91 Å². The summed E-state index contributed by atoms with van der Waals surface area (Å²) in [6, 6.07) is 8.53. The normalized spacial score (nSPS) is 18.6. The molecule has 1 amide bonds. The SMILES string of the molecule is COc1cnc(C(=O)Nc2ccc(F)c(C3CS(=O)(=O)C(C)C(N)=N3)c2)cn1.c1ccncc1. The highest BCUT2D eigenvalue weighted by Crippen LogP contribution is 2.30. The van der Waals surface area contributed by atoms with Crippen LogP contribution in [-0.4, -0.2) is 53.2 Å². The molecule has 0 radical (unpaired) electrons. The lowest BCUT2D eigenvalue weighted by molar-refractivity contribution is 0.102. The first-order valence-corrected chi connectivity index (χ1v) is 11.8. The molecule has 0 saturated heterocycles. The van der Waals surface area contributed by atoms with Crippen LogP contribution in [0.4, 0.5) is 10.1 Å². The van der Waals surface area contributed by atoms with Gasteiger partial charge in [-0.15, -0.1) is 0 Å². The van der Waals surface area contributed by atoms with Gasteiger partial charge in [0.15, 0.2) is 9.84 Å². The number of ether oxygens (including phenoxy) is 1. The van der Waals surface area contributed by atoms with Gasteiger partial charge in [0, 0.05) is 23.6 Å². The molecular weight excluding hydrogens is 463 g/mol. The van der Waals surface area contributed by atoms with E-state index in [0.717, 1.165) is 6.07 Å². The maximum absolute atomic E-state index is 14.3. The number of amidine groups is 1. The summed E-state index contributed by atoms with van der Waals surface area (Å²) in [4.78, 5) is 28.0. The minimum atomic E-state index is -3.55. The Labute approximate surface area is 196 Å².